The molecule has 1 aromatic rings. The maximum absolute atomic E-state index is 8.37. The number of hydrogen-bond acceptors (Lipinski definition) is 3. The van der Waals surface area contributed by atoms with Gasteiger partial charge in [-0.2, -0.15) is 0 Å². The number of azide groups is 2. The van der Waals surface area contributed by atoms with E-state index in [1.165, 1.54) is 0 Å². The standard InChI is InChI=1S/C13H14N6O/c1-3-11(16-18-14)5-4-10(2)20-13-8-6-12(7-9-13)17-19-15/h4-9H,3H2,1-2H3/b10-4?,11-5+. The minimum absolute atomic E-state index is 0.526. The summed E-state index contributed by atoms with van der Waals surface area (Å²) in [7, 11) is 0. The van der Waals surface area contributed by atoms with E-state index in [-0.39, 0.29) is 0 Å². The second-order valence-corrected chi connectivity index (χ2v) is 3.76. The van der Waals surface area contributed by atoms with Crippen molar-refractivity contribution in [2.24, 2.45) is 10.2 Å². The van der Waals surface area contributed by atoms with Crippen molar-refractivity contribution in [1.29, 1.82) is 0 Å². The summed E-state index contributed by atoms with van der Waals surface area (Å²) in [5.74, 6) is 1.28. The van der Waals surface area contributed by atoms with Gasteiger partial charge in [0.15, 0.2) is 0 Å². The number of allylic oxidation sites excluding steroid dienone is 4. The number of benzene rings is 1. The maximum atomic E-state index is 8.37. The van der Waals surface area contributed by atoms with Gasteiger partial charge in [-0.1, -0.05) is 23.2 Å². The van der Waals surface area contributed by atoms with Crippen LogP contribution in [0.4, 0.5) is 5.69 Å². The third-order valence-electron chi connectivity index (χ3n) is 2.32. The summed E-state index contributed by atoms with van der Waals surface area (Å²) in [5.41, 5.74) is 17.8. The number of rotatable bonds is 6. The smallest absolute Gasteiger partial charge is 0.126 e. The van der Waals surface area contributed by atoms with E-state index in [4.69, 9.17) is 15.8 Å². The van der Waals surface area contributed by atoms with E-state index in [0.29, 0.717) is 29.3 Å². The molecule has 0 aliphatic rings. The van der Waals surface area contributed by atoms with Gasteiger partial charge in [0.2, 0.25) is 0 Å². The van der Waals surface area contributed by atoms with Crippen LogP contribution in [0.2, 0.25) is 0 Å². The van der Waals surface area contributed by atoms with E-state index < -0.39 is 0 Å². The second-order valence-electron chi connectivity index (χ2n) is 3.76. The highest BCUT2D eigenvalue weighted by molar-refractivity contribution is 5.41. The molecular weight excluding hydrogens is 256 g/mol. The number of ether oxygens (including phenoxy) is 1. The predicted octanol–water partition coefficient (Wildman–Crippen LogP) is 5.52. The fraction of sp³-hybridized carbons (Fsp3) is 0.231. The Morgan fingerprint density at radius 2 is 1.90 bits per heavy atom. The molecule has 7 heteroatoms. The minimum atomic E-state index is 0.526. The molecule has 0 unspecified atom stereocenters. The molecule has 0 N–H and O–H groups in total. The van der Waals surface area contributed by atoms with E-state index in [2.05, 4.69) is 20.1 Å². The quantitative estimate of drug-likeness (QED) is 0.219. The lowest BCUT2D eigenvalue weighted by Gasteiger charge is -2.05. The summed E-state index contributed by atoms with van der Waals surface area (Å²) in [6.07, 6.45) is 4.09. The first-order valence-electron chi connectivity index (χ1n) is 5.95. The second kappa shape index (κ2) is 8.26. The van der Waals surface area contributed by atoms with Crippen LogP contribution in [0.5, 0.6) is 5.75 Å². The molecule has 0 aliphatic carbocycles. The first kappa shape index (κ1) is 15.2. The molecule has 0 saturated carbocycles. The van der Waals surface area contributed by atoms with Crippen molar-refractivity contribution in [2.45, 2.75) is 20.3 Å². The average molecular weight is 270 g/mol. The molecule has 0 aromatic heterocycles. The van der Waals surface area contributed by atoms with E-state index >= 15 is 0 Å². The van der Waals surface area contributed by atoms with Crippen LogP contribution in [0.25, 0.3) is 20.9 Å². The molecule has 0 amide bonds. The third-order valence-corrected chi connectivity index (χ3v) is 2.32. The highest BCUT2D eigenvalue weighted by atomic mass is 16.5. The molecule has 1 rings (SSSR count). The molecule has 0 saturated heterocycles. The summed E-state index contributed by atoms with van der Waals surface area (Å²) in [6.45, 7) is 3.69. The van der Waals surface area contributed by atoms with Crippen LogP contribution in [-0.2, 0) is 0 Å². The summed E-state index contributed by atoms with van der Waals surface area (Å²) in [5, 5.41) is 7.02. The van der Waals surface area contributed by atoms with Gasteiger partial charge in [-0.3, -0.25) is 0 Å². The lowest BCUT2D eigenvalue weighted by molar-refractivity contribution is 0.428. The van der Waals surface area contributed by atoms with Crippen molar-refractivity contribution in [1.82, 2.24) is 0 Å². The molecule has 0 heterocycles. The zero-order valence-electron chi connectivity index (χ0n) is 11.3. The number of nitrogens with zero attached hydrogens (tertiary/aromatic N) is 6. The van der Waals surface area contributed by atoms with Crippen molar-refractivity contribution < 1.29 is 4.74 Å². The summed E-state index contributed by atoms with van der Waals surface area (Å²) >= 11 is 0. The van der Waals surface area contributed by atoms with Crippen LogP contribution >= 0.6 is 0 Å². The Bertz CT molecular complexity index is 604. The molecule has 0 aliphatic heterocycles. The normalized spacial score (nSPS) is 11.3. The number of hydrogen-bond donors (Lipinski definition) is 0. The van der Waals surface area contributed by atoms with Crippen LogP contribution < -0.4 is 4.74 Å². The molecule has 1 aromatic carbocycles. The molecule has 0 atom stereocenters. The van der Waals surface area contributed by atoms with E-state index in [9.17, 15) is 0 Å². The van der Waals surface area contributed by atoms with Gasteiger partial charge in [0.25, 0.3) is 0 Å². The summed E-state index contributed by atoms with van der Waals surface area (Å²) in [4.78, 5) is 5.44. The monoisotopic (exact) mass is 270 g/mol. The molecule has 0 radical (unpaired) electrons. The highest BCUT2D eigenvalue weighted by Crippen LogP contribution is 2.20. The van der Waals surface area contributed by atoms with Crippen molar-refractivity contribution in [3.05, 3.63) is 68.8 Å². The predicted molar refractivity (Wildman–Crippen MR) is 77.2 cm³/mol. The lowest BCUT2D eigenvalue weighted by Crippen LogP contribution is -1.89. The lowest BCUT2D eigenvalue weighted by atomic mass is 10.3. The highest BCUT2D eigenvalue weighted by Gasteiger charge is 1.95. The van der Waals surface area contributed by atoms with Crippen LogP contribution in [0, 0.1) is 0 Å². The van der Waals surface area contributed by atoms with Gasteiger partial charge < -0.3 is 4.74 Å². The first-order chi connectivity index (χ1) is 9.69. The summed E-state index contributed by atoms with van der Waals surface area (Å²) < 4.78 is 5.57. The van der Waals surface area contributed by atoms with Gasteiger partial charge in [0, 0.05) is 21.2 Å². The Kier molecular flexibility index (Phi) is 6.27. The molecular formula is C13H14N6O. The Hall–Kier alpha value is -2.88. The zero-order valence-corrected chi connectivity index (χ0v) is 11.3. The van der Waals surface area contributed by atoms with Gasteiger partial charge in [-0.05, 0) is 54.7 Å². The van der Waals surface area contributed by atoms with Crippen LogP contribution in [0.15, 0.2) is 58.1 Å². The third kappa shape index (κ3) is 5.18. The van der Waals surface area contributed by atoms with Crippen molar-refractivity contribution >= 4 is 5.69 Å². The van der Waals surface area contributed by atoms with Crippen LogP contribution in [-0.4, -0.2) is 0 Å². The van der Waals surface area contributed by atoms with E-state index in [1.807, 2.05) is 6.92 Å². The van der Waals surface area contributed by atoms with Crippen LogP contribution in [0.3, 0.4) is 0 Å². The maximum Gasteiger partial charge on any atom is 0.126 e. The Labute approximate surface area is 116 Å². The molecule has 0 fully saturated rings. The molecule has 7 nitrogen and oxygen atoms in total. The first-order valence-corrected chi connectivity index (χ1v) is 5.95. The Balaban J connectivity index is 2.76. The fourth-order valence-corrected chi connectivity index (χ4v) is 1.35. The Morgan fingerprint density at radius 1 is 1.20 bits per heavy atom. The minimum Gasteiger partial charge on any atom is -0.462 e. The molecule has 0 spiro atoms. The Morgan fingerprint density at radius 3 is 2.45 bits per heavy atom. The molecule has 0 bridgehead atoms. The zero-order chi connectivity index (χ0) is 14.8. The van der Waals surface area contributed by atoms with Gasteiger partial charge in [0.1, 0.15) is 11.5 Å². The van der Waals surface area contributed by atoms with Crippen molar-refractivity contribution in [3.63, 3.8) is 0 Å². The van der Waals surface area contributed by atoms with E-state index in [0.717, 1.165) is 0 Å². The SMILES string of the molecule is CC/C(=C\C=C(C)Oc1ccc(N=[N+]=[N-])cc1)N=[N+]=[N-]. The summed E-state index contributed by atoms with van der Waals surface area (Å²) in [6, 6.07) is 6.74. The van der Waals surface area contributed by atoms with Crippen molar-refractivity contribution in [3.8, 4) is 5.75 Å². The average Bonchev–Trinajstić information content (AvgIpc) is 2.46. The topological polar surface area (TPSA) is 107 Å². The van der Waals surface area contributed by atoms with Gasteiger partial charge >= 0.3 is 0 Å². The van der Waals surface area contributed by atoms with Gasteiger partial charge in [0.05, 0.1) is 0 Å². The van der Waals surface area contributed by atoms with Crippen molar-refractivity contribution in [2.75, 3.05) is 0 Å². The molecule has 102 valence electrons. The fourth-order valence-electron chi connectivity index (χ4n) is 1.35. The van der Waals surface area contributed by atoms with Gasteiger partial charge in [-0.25, -0.2) is 0 Å². The van der Waals surface area contributed by atoms with E-state index in [1.54, 1.807) is 43.3 Å². The van der Waals surface area contributed by atoms with Gasteiger partial charge in [-0.15, -0.1) is 0 Å². The van der Waals surface area contributed by atoms with Crippen LogP contribution in [0.1, 0.15) is 20.3 Å². The molecule has 20 heavy (non-hydrogen) atoms. The largest absolute Gasteiger partial charge is 0.462 e.